The molecule has 0 radical (unpaired) electrons. The molecule has 0 aliphatic carbocycles. The molecule has 0 unspecified atom stereocenters. The molecule has 0 amide bonds. The van der Waals surface area contributed by atoms with Crippen LogP contribution in [0.15, 0.2) is 42.5 Å². The van der Waals surface area contributed by atoms with Gasteiger partial charge >= 0.3 is 0 Å². The first-order valence-electron chi connectivity index (χ1n) is 8.31. The van der Waals surface area contributed by atoms with Crippen molar-refractivity contribution >= 4 is 27.2 Å². The fourth-order valence-corrected chi connectivity index (χ4v) is 3.61. The first kappa shape index (κ1) is 16.7. The summed E-state index contributed by atoms with van der Waals surface area (Å²) in [7, 11) is 0. The van der Waals surface area contributed by atoms with Crippen molar-refractivity contribution in [1.29, 1.82) is 0 Å². The summed E-state index contributed by atoms with van der Waals surface area (Å²) >= 11 is 1.66. The van der Waals surface area contributed by atoms with Gasteiger partial charge in [0.2, 0.25) is 0 Å². The van der Waals surface area contributed by atoms with Gasteiger partial charge in [-0.25, -0.2) is 4.98 Å². The molecule has 2 N–H and O–H groups in total. The molecule has 0 saturated heterocycles. The topological polar surface area (TPSA) is 51.4 Å². The highest BCUT2D eigenvalue weighted by Gasteiger charge is 2.07. The molecule has 1 heterocycles. The quantitative estimate of drug-likeness (QED) is 0.652. The van der Waals surface area contributed by atoms with Crippen LogP contribution in [0.25, 0.3) is 20.8 Å². The number of hydrogen-bond acceptors (Lipinski definition) is 5. The van der Waals surface area contributed by atoms with E-state index in [1.54, 1.807) is 11.3 Å². The number of nitrogen functional groups attached to an aromatic ring is 1. The summed E-state index contributed by atoms with van der Waals surface area (Å²) in [6.07, 6.45) is 0. The molecule has 24 heavy (non-hydrogen) atoms. The number of rotatable bonds is 7. The number of likely N-dealkylation sites (N-methyl/N-ethyl adjacent to an activating group) is 1. The Morgan fingerprint density at radius 3 is 2.54 bits per heavy atom. The number of hydrogen-bond donors (Lipinski definition) is 1. The SMILES string of the molecule is CCN(CC)CCOc1ccc(-c2nc3ccc(N)cc3s2)cc1. The highest BCUT2D eigenvalue weighted by molar-refractivity contribution is 7.21. The van der Waals surface area contributed by atoms with E-state index in [1.165, 1.54) is 0 Å². The molecule has 0 atom stereocenters. The second-order valence-electron chi connectivity index (χ2n) is 5.65. The lowest BCUT2D eigenvalue weighted by atomic mass is 10.2. The number of thiazole rings is 1. The molecule has 126 valence electrons. The molecule has 0 bridgehead atoms. The van der Waals surface area contributed by atoms with Crippen LogP contribution in [0, 0.1) is 0 Å². The Morgan fingerprint density at radius 2 is 1.83 bits per heavy atom. The van der Waals surface area contributed by atoms with E-state index in [0.717, 1.165) is 51.9 Å². The number of nitrogens with two attached hydrogens (primary N) is 1. The Morgan fingerprint density at radius 1 is 1.08 bits per heavy atom. The average Bonchev–Trinajstić information content (AvgIpc) is 3.02. The van der Waals surface area contributed by atoms with Crippen LogP contribution in [0.5, 0.6) is 5.75 Å². The molecule has 0 aliphatic rings. The number of nitrogens with zero attached hydrogens (tertiary/aromatic N) is 2. The third-order valence-corrected chi connectivity index (χ3v) is 5.15. The maximum absolute atomic E-state index is 5.84. The Kier molecular flexibility index (Phi) is 5.33. The van der Waals surface area contributed by atoms with Gasteiger partial charge in [-0.05, 0) is 55.6 Å². The van der Waals surface area contributed by atoms with Crippen LogP contribution in [0.3, 0.4) is 0 Å². The first-order valence-corrected chi connectivity index (χ1v) is 9.13. The Labute approximate surface area is 146 Å². The molecule has 4 nitrogen and oxygen atoms in total. The first-order chi connectivity index (χ1) is 11.7. The van der Waals surface area contributed by atoms with Gasteiger partial charge in [0.1, 0.15) is 17.4 Å². The van der Waals surface area contributed by atoms with Gasteiger partial charge in [-0.3, -0.25) is 0 Å². The van der Waals surface area contributed by atoms with E-state index in [-0.39, 0.29) is 0 Å². The lowest BCUT2D eigenvalue weighted by Gasteiger charge is -2.18. The molecule has 3 rings (SSSR count). The van der Waals surface area contributed by atoms with Crippen LogP contribution in [-0.4, -0.2) is 36.1 Å². The van der Waals surface area contributed by atoms with Crippen molar-refractivity contribution in [3.8, 4) is 16.3 Å². The summed E-state index contributed by atoms with van der Waals surface area (Å²) in [6, 6.07) is 14.0. The third kappa shape index (κ3) is 3.86. The van der Waals surface area contributed by atoms with Gasteiger partial charge < -0.3 is 15.4 Å². The number of aromatic nitrogens is 1. The Hall–Kier alpha value is -2.11. The monoisotopic (exact) mass is 341 g/mol. The average molecular weight is 341 g/mol. The van der Waals surface area contributed by atoms with Crippen LogP contribution in [0.4, 0.5) is 5.69 Å². The van der Waals surface area contributed by atoms with E-state index in [9.17, 15) is 0 Å². The minimum atomic E-state index is 0.710. The Bertz CT molecular complexity index is 794. The van der Waals surface area contributed by atoms with E-state index in [1.807, 2.05) is 30.3 Å². The minimum Gasteiger partial charge on any atom is -0.492 e. The summed E-state index contributed by atoms with van der Waals surface area (Å²) in [5.41, 5.74) is 8.70. The van der Waals surface area contributed by atoms with Crippen LogP contribution >= 0.6 is 11.3 Å². The number of fused-ring (bicyclic) bond motifs is 1. The van der Waals surface area contributed by atoms with E-state index in [2.05, 4.69) is 35.9 Å². The fourth-order valence-electron chi connectivity index (χ4n) is 2.59. The lowest BCUT2D eigenvalue weighted by Crippen LogP contribution is -2.27. The van der Waals surface area contributed by atoms with Gasteiger partial charge in [0, 0.05) is 17.8 Å². The standard InChI is InChI=1S/C19H23N3OS/c1-3-22(4-2)11-12-23-16-8-5-14(6-9-16)19-21-17-10-7-15(20)13-18(17)24-19/h5-10,13H,3-4,11-12,20H2,1-2H3. The largest absolute Gasteiger partial charge is 0.492 e. The zero-order valence-corrected chi connectivity index (χ0v) is 15.0. The predicted octanol–water partition coefficient (Wildman–Crippen LogP) is 4.27. The maximum atomic E-state index is 5.84. The van der Waals surface area contributed by atoms with Crippen molar-refractivity contribution in [3.63, 3.8) is 0 Å². The van der Waals surface area contributed by atoms with Gasteiger partial charge in [-0.15, -0.1) is 11.3 Å². The summed E-state index contributed by atoms with van der Waals surface area (Å²) in [6.45, 7) is 8.12. The van der Waals surface area contributed by atoms with Gasteiger partial charge in [0.15, 0.2) is 0 Å². The van der Waals surface area contributed by atoms with E-state index in [0.29, 0.717) is 6.61 Å². The maximum Gasteiger partial charge on any atom is 0.124 e. The van der Waals surface area contributed by atoms with Gasteiger partial charge in [0.25, 0.3) is 0 Å². The molecule has 3 aromatic rings. The molecular formula is C19H23N3OS. The normalized spacial score (nSPS) is 11.3. The zero-order chi connectivity index (χ0) is 16.9. The van der Waals surface area contributed by atoms with Crippen molar-refractivity contribution in [2.24, 2.45) is 0 Å². The van der Waals surface area contributed by atoms with E-state index >= 15 is 0 Å². The van der Waals surface area contributed by atoms with Gasteiger partial charge in [-0.1, -0.05) is 13.8 Å². The zero-order valence-electron chi connectivity index (χ0n) is 14.2. The second kappa shape index (κ2) is 7.64. The molecule has 0 spiro atoms. The highest BCUT2D eigenvalue weighted by atomic mass is 32.1. The Balaban J connectivity index is 1.67. The summed E-state index contributed by atoms with van der Waals surface area (Å²) in [4.78, 5) is 7.03. The molecule has 0 saturated carbocycles. The van der Waals surface area contributed by atoms with Crippen LogP contribution in [0.2, 0.25) is 0 Å². The summed E-state index contributed by atoms with van der Waals surface area (Å²) < 4.78 is 6.95. The number of anilines is 1. The lowest BCUT2D eigenvalue weighted by molar-refractivity contribution is 0.223. The van der Waals surface area contributed by atoms with Crippen molar-refractivity contribution in [2.75, 3.05) is 32.0 Å². The highest BCUT2D eigenvalue weighted by Crippen LogP contribution is 2.32. The van der Waals surface area contributed by atoms with Crippen molar-refractivity contribution in [2.45, 2.75) is 13.8 Å². The van der Waals surface area contributed by atoms with Crippen molar-refractivity contribution in [1.82, 2.24) is 9.88 Å². The van der Waals surface area contributed by atoms with Crippen LogP contribution < -0.4 is 10.5 Å². The smallest absolute Gasteiger partial charge is 0.124 e. The van der Waals surface area contributed by atoms with Crippen LogP contribution in [0.1, 0.15) is 13.8 Å². The van der Waals surface area contributed by atoms with E-state index in [4.69, 9.17) is 10.5 Å². The predicted molar refractivity (Wildman–Crippen MR) is 103 cm³/mol. The third-order valence-electron chi connectivity index (χ3n) is 4.08. The fraction of sp³-hybridized carbons (Fsp3) is 0.316. The van der Waals surface area contributed by atoms with Crippen molar-refractivity contribution < 1.29 is 4.74 Å². The molecule has 0 fully saturated rings. The second-order valence-corrected chi connectivity index (χ2v) is 6.68. The number of benzene rings is 2. The van der Waals surface area contributed by atoms with Crippen molar-refractivity contribution in [3.05, 3.63) is 42.5 Å². The number of ether oxygens (including phenoxy) is 1. The van der Waals surface area contributed by atoms with Gasteiger partial charge in [0.05, 0.1) is 10.2 Å². The van der Waals surface area contributed by atoms with Crippen LogP contribution in [-0.2, 0) is 0 Å². The molecule has 0 aliphatic heterocycles. The van der Waals surface area contributed by atoms with Gasteiger partial charge in [-0.2, -0.15) is 0 Å². The molecule has 1 aromatic heterocycles. The molecule has 5 heteroatoms. The minimum absolute atomic E-state index is 0.710. The molecular weight excluding hydrogens is 318 g/mol. The van der Waals surface area contributed by atoms with E-state index < -0.39 is 0 Å². The summed E-state index contributed by atoms with van der Waals surface area (Å²) in [5.74, 6) is 0.899. The summed E-state index contributed by atoms with van der Waals surface area (Å²) in [5, 5.41) is 1.00. The molecule has 2 aromatic carbocycles.